The molecule has 1 aromatic heterocycles. The number of carbonyl (C=O) groups is 1. The molecule has 0 spiro atoms. The van der Waals surface area contributed by atoms with E-state index in [-0.39, 0.29) is 5.56 Å². The largest absolute Gasteiger partial charge is 0.478 e. The van der Waals surface area contributed by atoms with Gasteiger partial charge < -0.3 is 5.11 Å². The molecule has 1 heterocycles. The van der Waals surface area contributed by atoms with E-state index in [9.17, 15) is 4.79 Å². The molecule has 3 rings (SSSR count). The van der Waals surface area contributed by atoms with Crippen LogP contribution in [-0.4, -0.2) is 20.9 Å². The summed E-state index contributed by atoms with van der Waals surface area (Å²) in [5.74, 6) is -0.921. The van der Waals surface area contributed by atoms with Crippen LogP contribution in [-0.2, 0) is 12.8 Å². The number of benzene rings is 2. The molecule has 6 heteroatoms. The minimum absolute atomic E-state index is 0.289. The lowest BCUT2D eigenvalue weighted by atomic mass is 10.0. The van der Waals surface area contributed by atoms with E-state index >= 15 is 0 Å². The van der Waals surface area contributed by atoms with Crippen molar-refractivity contribution in [2.75, 3.05) is 0 Å². The van der Waals surface area contributed by atoms with Gasteiger partial charge in [0.15, 0.2) is 0 Å². The van der Waals surface area contributed by atoms with E-state index in [2.05, 4.69) is 11.2 Å². The number of carboxylic acid groups (broad SMARTS) is 1. The fraction of sp³-hybridized carbons (Fsp3) is 0.190. The Morgan fingerprint density at radius 1 is 1.19 bits per heavy atom. The summed E-state index contributed by atoms with van der Waals surface area (Å²) in [4.78, 5) is 10.9. The van der Waals surface area contributed by atoms with Crippen molar-refractivity contribution < 1.29 is 9.90 Å². The van der Waals surface area contributed by atoms with Crippen molar-refractivity contribution in [3.63, 3.8) is 0 Å². The Morgan fingerprint density at radius 3 is 2.48 bits per heavy atom. The zero-order valence-electron chi connectivity index (χ0n) is 15.0. The van der Waals surface area contributed by atoms with E-state index in [1.54, 1.807) is 24.3 Å². The van der Waals surface area contributed by atoms with Gasteiger partial charge in [0.25, 0.3) is 0 Å². The number of hydrogen-bond acceptors (Lipinski definition) is 3. The third-order valence-electron chi connectivity index (χ3n) is 4.62. The first-order chi connectivity index (χ1) is 12.9. The van der Waals surface area contributed by atoms with Crippen molar-refractivity contribution in [2.45, 2.75) is 26.7 Å². The van der Waals surface area contributed by atoms with Crippen molar-refractivity contribution >= 4 is 17.6 Å². The van der Waals surface area contributed by atoms with Gasteiger partial charge in [-0.1, -0.05) is 23.7 Å². The number of aromatic carboxylic acids is 1. The molecule has 0 saturated heterocycles. The van der Waals surface area contributed by atoms with Crippen LogP contribution in [0.1, 0.15) is 38.4 Å². The van der Waals surface area contributed by atoms with Crippen molar-refractivity contribution in [3.8, 4) is 11.8 Å². The van der Waals surface area contributed by atoms with Crippen molar-refractivity contribution in [2.24, 2.45) is 0 Å². The van der Waals surface area contributed by atoms with E-state index in [0.29, 0.717) is 10.6 Å². The molecule has 136 valence electrons. The molecule has 3 aromatic rings. The van der Waals surface area contributed by atoms with Crippen LogP contribution >= 0.6 is 11.6 Å². The summed E-state index contributed by atoms with van der Waals surface area (Å²) >= 11 is 6.15. The normalized spacial score (nSPS) is 10.6. The maximum absolute atomic E-state index is 10.9. The quantitative estimate of drug-likeness (QED) is 0.707. The number of aromatic nitrogens is 2. The molecule has 0 radical (unpaired) electrons. The smallest absolute Gasteiger partial charge is 0.335 e. The molecule has 2 aromatic carbocycles. The van der Waals surface area contributed by atoms with Gasteiger partial charge in [-0.2, -0.15) is 10.4 Å². The number of nitriles is 1. The van der Waals surface area contributed by atoms with Gasteiger partial charge in [-0.05, 0) is 68.1 Å². The van der Waals surface area contributed by atoms with Crippen molar-refractivity contribution in [1.29, 1.82) is 5.26 Å². The summed E-state index contributed by atoms with van der Waals surface area (Å²) in [7, 11) is 0. The van der Waals surface area contributed by atoms with Crippen LogP contribution in [0.25, 0.3) is 5.69 Å². The third kappa shape index (κ3) is 3.86. The summed E-state index contributed by atoms with van der Waals surface area (Å²) < 4.78 is 1.84. The van der Waals surface area contributed by atoms with Crippen LogP contribution < -0.4 is 0 Å². The molecular formula is C21H18ClN3O2. The monoisotopic (exact) mass is 379 g/mol. The zero-order valence-corrected chi connectivity index (χ0v) is 15.8. The minimum atomic E-state index is -0.921. The Balaban J connectivity index is 1.82. The molecule has 27 heavy (non-hydrogen) atoms. The lowest BCUT2D eigenvalue weighted by molar-refractivity contribution is 0.0697. The number of nitrogens with zero attached hydrogens (tertiary/aromatic N) is 3. The maximum Gasteiger partial charge on any atom is 0.335 e. The van der Waals surface area contributed by atoms with Gasteiger partial charge in [-0.15, -0.1) is 0 Å². The predicted molar refractivity (Wildman–Crippen MR) is 104 cm³/mol. The third-order valence-corrected chi connectivity index (χ3v) is 4.94. The molecule has 0 bridgehead atoms. The molecule has 5 nitrogen and oxygen atoms in total. The molecule has 0 fully saturated rings. The van der Waals surface area contributed by atoms with E-state index < -0.39 is 5.97 Å². The molecule has 0 aliphatic carbocycles. The Bertz CT molecular complexity index is 1050. The standard InChI is InChI=1S/C21H18ClN3O2/c1-13-19(10-5-15-3-6-16(7-4-15)21(26)27)14(2)25(24-13)18-9-8-17(12-23)20(22)11-18/h3-4,6-9,11H,5,10H2,1-2H3,(H,26,27). The van der Waals surface area contributed by atoms with E-state index in [0.717, 1.165) is 41.0 Å². The molecule has 0 unspecified atom stereocenters. The van der Waals surface area contributed by atoms with Crippen LogP contribution in [0, 0.1) is 25.2 Å². The van der Waals surface area contributed by atoms with Gasteiger partial charge in [0.05, 0.1) is 27.5 Å². The lowest BCUT2D eigenvalue weighted by Crippen LogP contribution is -2.01. The molecule has 1 N–H and O–H groups in total. The molecule has 0 amide bonds. The lowest BCUT2D eigenvalue weighted by Gasteiger charge is -2.07. The molecule has 0 aliphatic rings. The average molecular weight is 380 g/mol. The highest BCUT2D eigenvalue weighted by atomic mass is 35.5. The maximum atomic E-state index is 10.9. The summed E-state index contributed by atoms with van der Waals surface area (Å²) in [6.07, 6.45) is 1.59. The topological polar surface area (TPSA) is 78.9 Å². The molecule has 0 atom stereocenters. The summed E-state index contributed by atoms with van der Waals surface area (Å²) in [6.45, 7) is 3.98. The predicted octanol–water partition coefficient (Wildman–Crippen LogP) is 4.50. The number of aryl methyl sites for hydroxylation is 2. The number of rotatable bonds is 5. The Morgan fingerprint density at radius 2 is 1.89 bits per heavy atom. The summed E-state index contributed by atoms with van der Waals surface area (Å²) in [5.41, 5.74) is 5.73. The highest BCUT2D eigenvalue weighted by molar-refractivity contribution is 6.31. The SMILES string of the molecule is Cc1nn(-c2ccc(C#N)c(Cl)c2)c(C)c1CCc1ccc(C(=O)O)cc1. The number of carboxylic acids is 1. The first-order valence-corrected chi connectivity index (χ1v) is 8.86. The Kier molecular flexibility index (Phi) is 5.29. The van der Waals surface area contributed by atoms with Crippen molar-refractivity contribution in [1.82, 2.24) is 9.78 Å². The fourth-order valence-corrected chi connectivity index (χ4v) is 3.31. The van der Waals surface area contributed by atoms with Gasteiger partial charge in [0, 0.05) is 5.69 Å². The van der Waals surface area contributed by atoms with Crippen LogP contribution in [0.5, 0.6) is 0 Å². The second-order valence-electron chi connectivity index (χ2n) is 6.34. The minimum Gasteiger partial charge on any atom is -0.478 e. The Labute approximate surface area is 162 Å². The summed E-state index contributed by atoms with van der Waals surface area (Å²) in [6, 6.07) is 14.3. The number of halogens is 1. The van der Waals surface area contributed by atoms with Crippen LogP contribution in [0.15, 0.2) is 42.5 Å². The second kappa shape index (κ2) is 7.65. The molecule has 0 aliphatic heterocycles. The van der Waals surface area contributed by atoms with Gasteiger partial charge >= 0.3 is 5.97 Å². The first-order valence-electron chi connectivity index (χ1n) is 8.48. The molecular weight excluding hydrogens is 362 g/mol. The van der Waals surface area contributed by atoms with E-state index in [1.165, 1.54) is 0 Å². The number of hydrogen-bond donors (Lipinski definition) is 1. The fourth-order valence-electron chi connectivity index (χ4n) is 3.10. The highest BCUT2D eigenvalue weighted by Crippen LogP contribution is 2.24. The van der Waals surface area contributed by atoms with Crippen LogP contribution in [0.3, 0.4) is 0 Å². The van der Waals surface area contributed by atoms with E-state index in [1.807, 2.05) is 36.7 Å². The van der Waals surface area contributed by atoms with Gasteiger partial charge in [-0.25, -0.2) is 9.48 Å². The zero-order chi connectivity index (χ0) is 19.6. The summed E-state index contributed by atoms with van der Waals surface area (Å²) in [5, 5.41) is 23.0. The van der Waals surface area contributed by atoms with Crippen molar-refractivity contribution in [3.05, 3.63) is 81.1 Å². The van der Waals surface area contributed by atoms with Gasteiger partial charge in [-0.3, -0.25) is 0 Å². The van der Waals surface area contributed by atoms with Gasteiger partial charge in [0.2, 0.25) is 0 Å². The first kappa shape index (κ1) is 18.7. The van der Waals surface area contributed by atoms with Crippen LogP contribution in [0.2, 0.25) is 5.02 Å². The highest BCUT2D eigenvalue weighted by Gasteiger charge is 2.14. The second-order valence-corrected chi connectivity index (χ2v) is 6.75. The Hall–Kier alpha value is -3.10. The van der Waals surface area contributed by atoms with E-state index in [4.69, 9.17) is 22.0 Å². The van der Waals surface area contributed by atoms with Gasteiger partial charge in [0.1, 0.15) is 6.07 Å². The molecule has 0 saturated carbocycles. The van der Waals surface area contributed by atoms with Crippen LogP contribution in [0.4, 0.5) is 0 Å². The average Bonchev–Trinajstić information content (AvgIpc) is 2.94.